The van der Waals surface area contributed by atoms with E-state index in [9.17, 15) is 8.78 Å². The summed E-state index contributed by atoms with van der Waals surface area (Å²) in [5, 5.41) is 0. The number of benzene rings is 1. The molecule has 0 radical (unpaired) electrons. The highest BCUT2D eigenvalue weighted by atomic mass is 19.1. The fourth-order valence-electron chi connectivity index (χ4n) is 3.18. The molecule has 2 atom stereocenters. The number of carbonyl (C=O) groups excluding carboxylic acids is 1. The summed E-state index contributed by atoms with van der Waals surface area (Å²) in [4.78, 5) is 8.58. The van der Waals surface area contributed by atoms with E-state index in [2.05, 4.69) is 19.6 Å². The second-order valence-electron chi connectivity index (χ2n) is 4.95. The van der Waals surface area contributed by atoms with Gasteiger partial charge in [0, 0.05) is 6.07 Å². The standard InChI is InChI=1S/C14H18F2.CH3NO/c1-3-10-5-6-14(10,4-2)11-7-12(15)9-13(16)8-11;2-1-3/h7-10H,3-6H2,1-2H3;1H,(H2,2,3). The predicted octanol–water partition coefficient (Wildman–Crippen LogP) is 3.53. The van der Waals surface area contributed by atoms with Gasteiger partial charge in [-0.3, -0.25) is 4.79 Å². The van der Waals surface area contributed by atoms with Crippen LogP contribution in [0.25, 0.3) is 0 Å². The molecular weight excluding hydrogens is 248 g/mol. The summed E-state index contributed by atoms with van der Waals surface area (Å²) in [6.45, 7) is 4.27. The molecule has 2 N–H and O–H groups in total. The molecule has 0 aromatic heterocycles. The van der Waals surface area contributed by atoms with Gasteiger partial charge in [-0.25, -0.2) is 8.78 Å². The zero-order valence-corrected chi connectivity index (χ0v) is 11.5. The molecule has 0 bridgehead atoms. The van der Waals surface area contributed by atoms with Gasteiger partial charge in [0.25, 0.3) is 0 Å². The van der Waals surface area contributed by atoms with Gasteiger partial charge in [-0.1, -0.05) is 20.3 Å². The van der Waals surface area contributed by atoms with Crippen LogP contribution in [0, 0.1) is 17.6 Å². The van der Waals surface area contributed by atoms with Crippen LogP contribution in [0.5, 0.6) is 0 Å². The minimum Gasteiger partial charge on any atom is -0.372 e. The lowest BCUT2D eigenvalue weighted by molar-refractivity contribution is -0.106. The summed E-state index contributed by atoms with van der Waals surface area (Å²) < 4.78 is 26.5. The van der Waals surface area contributed by atoms with Crippen molar-refractivity contribution in [3.8, 4) is 0 Å². The van der Waals surface area contributed by atoms with E-state index in [0.717, 1.165) is 30.9 Å². The zero-order chi connectivity index (χ0) is 14.5. The first kappa shape index (κ1) is 15.6. The highest BCUT2D eigenvalue weighted by molar-refractivity contribution is 5.42. The van der Waals surface area contributed by atoms with Gasteiger partial charge in [0.05, 0.1) is 0 Å². The number of nitrogens with two attached hydrogens (primary N) is 1. The molecular formula is C15H21F2NO. The maximum atomic E-state index is 13.2. The lowest BCUT2D eigenvalue weighted by atomic mass is 9.54. The lowest BCUT2D eigenvalue weighted by Gasteiger charge is -2.50. The maximum absolute atomic E-state index is 13.2. The Morgan fingerprint density at radius 3 is 2.16 bits per heavy atom. The molecule has 1 aliphatic carbocycles. The molecule has 0 heterocycles. The van der Waals surface area contributed by atoms with Gasteiger partial charge in [0.2, 0.25) is 6.41 Å². The number of primary amides is 1. The monoisotopic (exact) mass is 269 g/mol. The molecule has 1 aliphatic rings. The van der Waals surface area contributed by atoms with Crippen molar-refractivity contribution in [2.75, 3.05) is 0 Å². The smallest absolute Gasteiger partial charge is 0.204 e. The SMILES string of the molecule is CCC1CCC1(CC)c1cc(F)cc(F)c1.NC=O. The van der Waals surface area contributed by atoms with Gasteiger partial charge in [-0.2, -0.15) is 0 Å². The Morgan fingerprint density at radius 1 is 1.32 bits per heavy atom. The van der Waals surface area contributed by atoms with Crippen molar-refractivity contribution in [1.29, 1.82) is 0 Å². The molecule has 0 spiro atoms. The van der Waals surface area contributed by atoms with E-state index in [0.29, 0.717) is 5.92 Å². The van der Waals surface area contributed by atoms with Crippen LogP contribution < -0.4 is 5.73 Å². The fourth-order valence-corrected chi connectivity index (χ4v) is 3.18. The average molecular weight is 269 g/mol. The molecule has 2 unspecified atom stereocenters. The van der Waals surface area contributed by atoms with Crippen LogP contribution in [0.2, 0.25) is 0 Å². The molecule has 1 amide bonds. The Labute approximate surface area is 113 Å². The number of rotatable bonds is 3. The van der Waals surface area contributed by atoms with Gasteiger partial charge < -0.3 is 5.73 Å². The second kappa shape index (κ2) is 6.64. The molecule has 1 fully saturated rings. The topological polar surface area (TPSA) is 43.1 Å². The molecule has 2 rings (SSSR count). The quantitative estimate of drug-likeness (QED) is 0.838. The summed E-state index contributed by atoms with van der Waals surface area (Å²) in [6.07, 6.45) is 4.55. The lowest BCUT2D eigenvalue weighted by Crippen LogP contribution is -2.43. The third-order valence-electron chi connectivity index (χ3n) is 4.28. The Balaban J connectivity index is 0.000000550. The van der Waals surface area contributed by atoms with E-state index in [1.807, 2.05) is 0 Å². The number of halogens is 2. The van der Waals surface area contributed by atoms with Crippen molar-refractivity contribution in [3.63, 3.8) is 0 Å². The van der Waals surface area contributed by atoms with Crippen molar-refractivity contribution in [2.24, 2.45) is 11.7 Å². The van der Waals surface area contributed by atoms with Gasteiger partial charge in [-0.15, -0.1) is 0 Å². The van der Waals surface area contributed by atoms with Crippen LogP contribution in [0.3, 0.4) is 0 Å². The van der Waals surface area contributed by atoms with Crippen molar-refractivity contribution in [2.45, 2.75) is 44.9 Å². The van der Waals surface area contributed by atoms with Gasteiger partial charge in [0.1, 0.15) is 11.6 Å². The van der Waals surface area contributed by atoms with Crippen LogP contribution in [-0.2, 0) is 10.2 Å². The number of carbonyl (C=O) groups is 1. The van der Waals surface area contributed by atoms with Gasteiger partial charge >= 0.3 is 0 Å². The second-order valence-corrected chi connectivity index (χ2v) is 4.95. The molecule has 2 nitrogen and oxygen atoms in total. The molecule has 1 aromatic rings. The Kier molecular flexibility index (Phi) is 5.45. The maximum Gasteiger partial charge on any atom is 0.204 e. The molecule has 4 heteroatoms. The van der Waals surface area contributed by atoms with E-state index < -0.39 is 11.6 Å². The first-order chi connectivity index (χ1) is 9.03. The first-order valence-corrected chi connectivity index (χ1v) is 6.66. The third kappa shape index (κ3) is 3.11. The molecule has 0 aliphatic heterocycles. The predicted molar refractivity (Wildman–Crippen MR) is 71.6 cm³/mol. The first-order valence-electron chi connectivity index (χ1n) is 6.66. The largest absolute Gasteiger partial charge is 0.372 e. The molecule has 0 saturated heterocycles. The van der Waals surface area contributed by atoms with E-state index in [-0.39, 0.29) is 11.8 Å². The summed E-state index contributed by atoms with van der Waals surface area (Å²) in [5.74, 6) is -0.326. The molecule has 1 aromatic carbocycles. The fraction of sp³-hybridized carbons (Fsp3) is 0.533. The summed E-state index contributed by atoms with van der Waals surface area (Å²) in [6, 6.07) is 3.97. The summed E-state index contributed by atoms with van der Waals surface area (Å²) in [7, 11) is 0. The zero-order valence-electron chi connectivity index (χ0n) is 11.5. The van der Waals surface area contributed by atoms with Crippen molar-refractivity contribution >= 4 is 6.41 Å². The molecule has 1 saturated carbocycles. The Hall–Kier alpha value is -1.45. The van der Waals surface area contributed by atoms with Crippen LogP contribution in [0.4, 0.5) is 8.78 Å². The van der Waals surface area contributed by atoms with Crippen LogP contribution in [-0.4, -0.2) is 6.41 Å². The van der Waals surface area contributed by atoms with E-state index in [4.69, 9.17) is 4.79 Å². The third-order valence-corrected chi connectivity index (χ3v) is 4.28. The van der Waals surface area contributed by atoms with Crippen LogP contribution >= 0.6 is 0 Å². The minimum absolute atomic E-state index is 0.0255. The van der Waals surface area contributed by atoms with E-state index in [1.165, 1.54) is 18.6 Å². The van der Waals surface area contributed by atoms with Gasteiger partial charge in [0.15, 0.2) is 0 Å². The van der Waals surface area contributed by atoms with E-state index in [1.54, 1.807) is 0 Å². The minimum atomic E-state index is -0.454. The number of hydrogen-bond acceptors (Lipinski definition) is 1. The summed E-state index contributed by atoms with van der Waals surface area (Å²) in [5.41, 5.74) is 5.04. The van der Waals surface area contributed by atoms with Crippen molar-refractivity contribution < 1.29 is 13.6 Å². The van der Waals surface area contributed by atoms with E-state index >= 15 is 0 Å². The van der Waals surface area contributed by atoms with Crippen molar-refractivity contribution in [1.82, 2.24) is 0 Å². The molecule has 19 heavy (non-hydrogen) atoms. The highest BCUT2D eigenvalue weighted by Gasteiger charge is 2.45. The number of hydrogen-bond donors (Lipinski definition) is 1. The Morgan fingerprint density at radius 2 is 1.84 bits per heavy atom. The molecule has 106 valence electrons. The summed E-state index contributed by atoms with van der Waals surface area (Å²) >= 11 is 0. The number of amides is 1. The van der Waals surface area contributed by atoms with Crippen molar-refractivity contribution in [3.05, 3.63) is 35.4 Å². The van der Waals surface area contributed by atoms with Crippen LogP contribution in [0.1, 0.15) is 45.1 Å². The average Bonchev–Trinajstić information content (AvgIpc) is 2.29. The normalized spacial score (nSPS) is 24.9. The van der Waals surface area contributed by atoms with Gasteiger partial charge in [-0.05, 0) is 48.3 Å². The van der Waals surface area contributed by atoms with Crippen LogP contribution in [0.15, 0.2) is 18.2 Å². The highest BCUT2D eigenvalue weighted by Crippen LogP contribution is 2.52. The Bertz CT molecular complexity index is 410.